The van der Waals surface area contributed by atoms with Crippen molar-refractivity contribution in [1.29, 1.82) is 0 Å². The Kier molecular flexibility index (Phi) is 6.50. The smallest absolute Gasteiger partial charge is 0.295 e. The first-order valence-corrected chi connectivity index (χ1v) is 10.3. The molecule has 1 amide bonds. The molecule has 1 heterocycles. The molecule has 1 aromatic heterocycles. The molecular weight excluding hydrogens is 447 g/mol. The summed E-state index contributed by atoms with van der Waals surface area (Å²) in [6, 6.07) is 16.2. The van der Waals surface area contributed by atoms with Crippen LogP contribution in [0.4, 0.5) is 5.69 Å². The van der Waals surface area contributed by atoms with E-state index >= 15 is 0 Å². The van der Waals surface area contributed by atoms with Crippen molar-refractivity contribution in [1.82, 2.24) is 14.7 Å². The van der Waals surface area contributed by atoms with Gasteiger partial charge in [0.25, 0.3) is 11.5 Å². The molecule has 30 heavy (non-hydrogen) atoms. The van der Waals surface area contributed by atoms with Crippen LogP contribution in [0.15, 0.2) is 59.4 Å². The predicted octanol–water partition coefficient (Wildman–Crippen LogP) is 4.33. The molecule has 158 valence electrons. The first-order valence-electron chi connectivity index (χ1n) is 9.14. The Morgan fingerprint density at radius 2 is 1.70 bits per heavy atom. The van der Waals surface area contributed by atoms with Crippen molar-refractivity contribution in [2.75, 3.05) is 5.32 Å². The predicted molar refractivity (Wildman–Crippen MR) is 122 cm³/mol. The summed E-state index contributed by atoms with van der Waals surface area (Å²) in [4.78, 5) is 25.8. The van der Waals surface area contributed by atoms with Crippen LogP contribution in [0.2, 0.25) is 0 Å². The van der Waals surface area contributed by atoms with Gasteiger partial charge in [-0.1, -0.05) is 70.7 Å². The highest BCUT2D eigenvalue weighted by atomic mass is 35.6. The minimum atomic E-state index is -1.91. The molecule has 9 heteroatoms. The van der Waals surface area contributed by atoms with Gasteiger partial charge in [0.05, 0.1) is 11.4 Å². The molecule has 1 atom stereocenters. The monoisotopic (exact) mass is 466 g/mol. The summed E-state index contributed by atoms with van der Waals surface area (Å²) < 4.78 is 1.28. The number of carbonyl (C=O) groups is 1. The van der Waals surface area contributed by atoms with Crippen LogP contribution in [-0.2, 0) is 7.05 Å². The number of aromatic nitrogens is 2. The first-order chi connectivity index (χ1) is 14.1. The zero-order chi connectivity index (χ0) is 22.1. The van der Waals surface area contributed by atoms with Crippen molar-refractivity contribution < 1.29 is 4.79 Å². The number of anilines is 1. The molecule has 6 nitrogen and oxygen atoms in total. The molecule has 2 aromatic carbocycles. The van der Waals surface area contributed by atoms with Crippen molar-refractivity contribution >= 4 is 46.4 Å². The Bertz CT molecular complexity index is 1120. The highest BCUT2D eigenvalue weighted by Crippen LogP contribution is 2.31. The lowest BCUT2D eigenvalue weighted by Gasteiger charge is -2.27. The van der Waals surface area contributed by atoms with Crippen LogP contribution in [0.25, 0.3) is 5.69 Å². The summed E-state index contributed by atoms with van der Waals surface area (Å²) in [6.45, 7) is 3.64. The van der Waals surface area contributed by atoms with Crippen molar-refractivity contribution in [3.05, 3.63) is 81.8 Å². The van der Waals surface area contributed by atoms with Gasteiger partial charge in [0, 0.05) is 12.6 Å². The van der Waals surface area contributed by atoms with Crippen molar-refractivity contribution in [2.24, 2.45) is 7.05 Å². The van der Waals surface area contributed by atoms with E-state index in [9.17, 15) is 9.59 Å². The number of nitrogens with zero attached hydrogens (tertiary/aromatic N) is 2. The quantitative estimate of drug-likeness (QED) is 0.433. The summed E-state index contributed by atoms with van der Waals surface area (Å²) in [7, 11) is 1.75. The number of para-hydroxylation sites is 1. The van der Waals surface area contributed by atoms with Gasteiger partial charge < -0.3 is 10.6 Å². The average molecular weight is 468 g/mol. The summed E-state index contributed by atoms with van der Waals surface area (Å²) in [5, 5.41) is 5.59. The van der Waals surface area contributed by atoms with Crippen molar-refractivity contribution in [2.45, 2.75) is 23.8 Å². The Morgan fingerprint density at radius 1 is 1.03 bits per heavy atom. The third-order valence-corrected chi connectivity index (χ3v) is 5.38. The topological polar surface area (TPSA) is 68.1 Å². The van der Waals surface area contributed by atoms with E-state index in [0.717, 1.165) is 5.56 Å². The largest absolute Gasteiger partial charge is 0.356 e. The summed E-state index contributed by atoms with van der Waals surface area (Å²) in [5.74, 6) is -0.431. The fourth-order valence-electron chi connectivity index (χ4n) is 3.08. The maximum absolute atomic E-state index is 13.1. The van der Waals surface area contributed by atoms with E-state index in [2.05, 4.69) is 10.6 Å². The van der Waals surface area contributed by atoms with Crippen LogP contribution >= 0.6 is 34.8 Å². The van der Waals surface area contributed by atoms with Gasteiger partial charge in [0.2, 0.25) is 3.79 Å². The number of benzene rings is 2. The normalized spacial score (nSPS) is 12.5. The molecule has 0 bridgehead atoms. The zero-order valence-corrected chi connectivity index (χ0v) is 18.9. The number of hydrogen-bond donors (Lipinski definition) is 2. The van der Waals surface area contributed by atoms with Crippen molar-refractivity contribution in [3.8, 4) is 5.69 Å². The van der Waals surface area contributed by atoms with Gasteiger partial charge in [-0.3, -0.25) is 14.3 Å². The van der Waals surface area contributed by atoms with E-state index in [-0.39, 0.29) is 11.2 Å². The Hall–Kier alpha value is -2.41. The molecule has 0 radical (unpaired) electrons. The van der Waals surface area contributed by atoms with Crippen LogP contribution in [0.1, 0.15) is 21.6 Å². The molecule has 0 unspecified atom stereocenters. The van der Waals surface area contributed by atoms with Crippen molar-refractivity contribution in [3.63, 3.8) is 0 Å². The minimum absolute atomic E-state index is 0.224. The summed E-state index contributed by atoms with van der Waals surface area (Å²) in [6.07, 6.45) is -1.14. The SMILES string of the molecule is Cc1cccc(C(=O)N[C@H](Nc2c(C)n(C)n(-c3ccccc3)c2=O)C(Cl)(Cl)Cl)c1. The third kappa shape index (κ3) is 4.67. The van der Waals surface area contributed by atoms with E-state index in [4.69, 9.17) is 34.8 Å². The highest BCUT2D eigenvalue weighted by Gasteiger charge is 2.36. The van der Waals surface area contributed by atoms with Gasteiger partial charge in [-0.05, 0) is 38.1 Å². The minimum Gasteiger partial charge on any atom is -0.356 e. The lowest BCUT2D eigenvalue weighted by molar-refractivity contribution is 0.0941. The molecule has 0 saturated heterocycles. The molecule has 0 aliphatic heterocycles. The molecule has 0 aliphatic carbocycles. The van der Waals surface area contributed by atoms with E-state index in [0.29, 0.717) is 16.9 Å². The van der Waals surface area contributed by atoms with Crippen LogP contribution in [0.5, 0.6) is 0 Å². The fourth-order valence-corrected chi connectivity index (χ4v) is 3.41. The summed E-state index contributed by atoms with van der Waals surface area (Å²) in [5.41, 5.74) is 2.55. The molecular formula is C21H21Cl3N4O2. The Labute approximate surface area is 189 Å². The fraction of sp³-hybridized carbons (Fsp3) is 0.238. The Morgan fingerprint density at radius 3 is 2.30 bits per heavy atom. The summed E-state index contributed by atoms with van der Waals surface area (Å²) >= 11 is 18.4. The van der Waals surface area contributed by atoms with Gasteiger partial charge in [0.1, 0.15) is 11.9 Å². The van der Waals surface area contributed by atoms with Gasteiger partial charge in [-0.2, -0.15) is 0 Å². The van der Waals surface area contributed by atoms with E-state index < -0.39 is 15.9 Å². The number of amides is 1. The van der Waals surface area contributed by atoms with Crippen LogP contribution in [-0.4, -0.2) is 25.2 Å². The third-order valence-electron chi connectivity index (χ3n) is 4.73. The van der Waals surface area contributed by atoms with E-state index in [1.54, 1.807) is 36.9 Å². The molecule has 0 aliphatic rings. The van der Waals surface area contributed by atoms with Crippen LogP contribution in [0.3, 0.4) is 0 Å². The number of halogens is 3. The number of rotatable bonds is 5. The van der Waals surface area contributed by atoms with Crippen LogP contribution < -0.4 is 16.2 Å². The number of aryl methyl sites for hydroxylation is 1. The molecule has 0 spiro atoms. The van der Waals surface area contributed by atoms with E-state index in [1.165, 1.54) is 4.68 Å². The number of hydrogen-bond acceptors (Lipinski definition) is 3. The lowest BCUT2D eigenvalue weighted by atomic mass is 10.1. The second-order valence-electron chi connectivity index (χ2n) is 6.90. The maximum atomic E-state index is 13.1. The Balaban J connectivity index is 1.95. The zero-order valence-electron chi connectivity index (χ0n) is 16.6. The first kappa shape index (κ1) is 22.3. The molecule has 3 rings (SSSR count). The van der Waals surface area contributed by atoms with Gasteiger partial charge >= 0.3 is 0 Å². The molecule has 2 N–H and O–H groups in total. The van der Waals surface area contributed by atoms with Gasteiger partial charge in [-0.15, -0.1) is 0 Å². The number of alkyl halides is 3. The second kappa shape index (κ2) is 8.76. The number of carbonyl (C=O) groups excluding carboxylic acids is 1. The van der Waals surface area contributed by atoms with E-state index in [1.807, 2.05) is 43.3 Å². The van der Waals surface area contributed by atoms with Gasteiger partial charge in [-0.25, -0.2) is 4.68 Å². The molecule has 0 saturated carbocycles. The standard InChI is InChI=1S/C21H21Cl3N4O2/c1-13-8-7-9-15(12-13)18(29)26-20(21(22,23)24)25-17-14(2)27(3)28(19(17)30)16-10-5-4-6-11-16/h4-12,20,25H,1-3H3,(H,26,29)/t20-/m0/s1. The van der Waals surface area contributed by atoms with Gasteiger partial charge in [0.15, 0.2) is 0 Å². The maximum Gasteiger partial charge on any atom is 0.295 e. The number of nitrogens with one attached hydrogen (secondary N) is 2. The average Bonchev–Trinajstić information content (AvgIpc) is 2.90. The molecule has 0 fully saturated rings. The van der Waals surface area contributed by atoms with Crippen LogP contribution in [0, 0.1) is 13.8 Å². The lowest BCUT2D eigenvalue weighted by Crippen LogP contribution is -2.49. The second-order valence-corrected chi connectivity index (χ2v) is 9.27. The molecule has 3 aromatic rings. The highest BCUT2D eigenvalue weighted by molar-refractivity contribution is 6.68.